The van der Waals surface area contributed by atoms with Crippen molar-refractivity contribution < 1.29 is 9.53 Å². The van der Waals surface area contributed by atoms with Crippen LogP contribution in [0.25, 0.3) is 0 Å². The fourth-order valence-corrected chi connectivity index (χ4v) is 2.39. The zero-order valence-electron chi connectivity index (χ0n) is 11.4. The van der Waals surface area contributed by atoms with Gasteiger partial charge in [0.1, 0.15) is 6.10 Å². The number of nitrogen functional groups attached to an aromatic ring is 1. The Morgan fingerprint density at radius 1 is 1.47 bits per heavy atom. The van der Waals surface area contributed by atoms with Gasteiger partial charge in [0.15, 0.2) is 0 Å². The van der Waals surface area contributed by atoms with Crippen molar-refractivity contribution in [2.75, 3.05) is 17.7 Å². The van der Waals surface area contributed by atoms with Gasteiger partial charge in [0, 0.05) is 11.4 Å². The number of ether oxygens (including phenoxy) is 1. The zero-order chi connectivity index (χ0) is 13.7. The molecule has 19 heavy (non-hydrogen) atoms. The van der Waals surface area contributed by atoms with E-state index >= 15 is 0 Å². The standard InChI is InChI=1S/C15H22N2O2/c1-11(19-10-12-5-2-3-6-12)15(18)17-14-8-4-7-13(16)9-14/h4,7-9,11-12H,2-3,5-6,10,16H2,1H3,(H,17,18). The van der Waals surface area contributed by atoms with Crippen LogP contribution in [0, 0.1) is 5.92 Å². The monoisotopic (exact) mass is 262 g/mol. The van der Waals surface area contributed by atoms with Gasteiger partial charge in [-0.1, -0.05) is 18.9 Å². The Bertz CT molecular complexity index is 428. The molecule has 1 aromatic rings. The molecule has 1 amide bonds. The molecule has 0 aliphatic heterocycles. The summed E-state index contributed by atoms with van der Waals surface area (Å²) in [5.74, 6) is 0.506. The number of hydrogen-bond acceptors (Lipinski definition) is 3. The van der Waals surface area contributed by atoms with E-state index in [9.17, 15) is 4.79 Å². The minimum atomic E-state index is -0.429. The van der Waals surface area contributed by atoms with Crippen LogP contribution in [0.15, 0.2) is 24.3 Å². The van der Waals surface area contributed by atoms with Crippen LogP contribution in [0.4, 0.5) is 11.4 Å². The van der Waals surface area contributed by atoms with Gasteiger partial charge in [-0.05, 0) is 43.9 Å². The quantitative estimate of drug-likeness (QED) is 0.802. The molecule has 0 heterocycles. The molecule has 1 atom stereocenters. The highest BCUT2D eigenvalue weighted by Gasteiger charge is 2.19. The Morgan fingerprint density at radius 2 is 2.21 bits per heavy atom. The van der Waals surface area contributed by atoms with Crippen LogP contribution in [-0.2, 0) is 9.53 Å². The molecule has 1 aliphatic rings. The van der Waals surface area contributed by atoms with Crippen molar-refractivity contribution in [2.24, 2.45) is 5.92 Å². The van der Waals surface area contributed by atoms with E-state index in [0.29, 0.717) is 23.9 Å². The van der Waals surface area contributed by atoms with Gasteiger partial charge in [-0.3, -0.25) is 4.79 Å². The van der Waals surface area contributed by atoms with Crippen LogP contribution >= 0.6 is 0 Å². The van der Waals surface area contributed by atoms with E-state index in [1.165, 1.54) is 25.7 Å². The number of hydrogen-bond donors (Lipinski definition) is 2. The van der Waals surface area contributed by atoms with E-state index in [1.54, 1.807) is 19.1 Å². The Morgan fingerprint density at radius 3 is 2.89 bits per heavy atom. The lowest BCUT2D eigenvalue weighted by Gasteiger charge is -2.16. The van der Waals surface area contributed by atoms with E-state index in [0.717, 1.165) is 0 Å². The summed E-state index contributed by atoms with van der Waals surface area (Å²) in [6, 6.07) is 7.16. The third-order valence-electron chi connectivity index (χ3n) is 3.58. The van der Waals surface area contributed by atoms with Gasteiger partial charge in [0.2, 0.25) is 0 Å². The van der Waals surface area contributed by atoms with Gasteiger partial charge in [0.05, 0.1) is 6.61 Å². The van der Waals surface area contributed by atoms with Gasteiger partial charge in [-0.2, -0.15) is 0 Å². The molecule has 4 heteroatoms. The fraction of sp³-hybridized carbons (Fsp3) is 0.533. The highest BCUT2D eigenvalue weighted by atomic mass is 16.5. The summed E-state index contributed by atoms with van der Waals surface area (Å²) in [5, 5.41) is 2.81. The highest BCUT2D eigenvalue weighted by molar-refractivity contribution is 5.94. The molecule has 1 aliphatic carbocycles. The molecule has 2 rings (SSSR count). The Balaban J connectivity index is 1.78. The molecule has 1 aromatic carbocycles. The Labute approximate surface area is 114 Å². The average Bonchev–Trinajstić information content (AvgIpc) is 2.89. The molecule has 1 fully saturated rings. The van der Waals surface area contributed by atoms with Gasteiger partial charge < -0.3 is 15.8 Å². The van der Waals surface area contributed by atoms with Gasteiger partial charge in [-0.25, -0.2) is 0 Å². The lowest BCUT2D eigenvalue weighted by molar-refractivity contribution is -0.127. The number of nitrogens with two attached hydrogens (primary N) is 1. The number of amides is 1. The molecule has 0 spiro atoms. The normalized spacial score (nSPS) is 17.3. The summed E-state index contributed by atoms with van der Waals surface area (Å²) in [4.78, 5) is 12.0. The summed E-state index contributed by atoms with van der Waals surface area (Å²) in [7, 11) is 0. The van der Waals surface area contributed by atoms with E-state index in [2.05, 4.69) is 5.32 Å². The van der Waals surface area contributed by atoms with E-state index in [-0.39, 0.29) is 5.91 Å². The summed E-state index contributed by atoms with van der Waals surface area (Å²) in [6.07, 6.45) is 4.60. The molecular weight excluding hydrogens is 240 g/mol. The number of carbonyl (C=O) groups excluding carboxylic acids is 1. The highest BCUT2D eigenvalue weighted by Crippen LogP contribution is 2.25. The number of carbonyl (C=O) groups is 1. The summed E-state index contributed by atoms with van der Waals surface area (Å²) < 4.78 is 5.65. The van der Waals surface area contributed by atoms with Crippen LogP contribution in [-0.4, -0.2) is 18.6 Å². The third kappa shape index (κ3) is 4.24. The largest absolute Gasteiger partial charge is 0.399 e. The van der Waals surface area contributed by atoms with Crippen LogP contribution in [0.2, 0.25) is 0 Å². The second kappa shape index (κ2) is 6.57. The molecule has 1 unspecified atom stereocenters. The second-order valence-corrected chi connectivity index (χ2v) is 5.24. The van der Waals surface area contributed by atoms with E-state index in [1.807, 2.05) is 12.1 Å². The molecule has 0 saturated heterocycles. The summed E-state index contributed by atoms with van der Waals surface area (Å²) >= 11 is 0. The van der Waals surface area contributed by atoms with E-state index in [4.69, 9.17) is 10.5 Å². The number of benzene rings is 1. The molecule has 0 bridgehead atoms. The first-order valence-corrected chi connectivity index (χ1v) is 6.93. The lowest BCUT2D eigenvalue weighted by atomic mass is 10.1. The summed E-state index contributed by atoms with van der Waals surface area (Å²) in [6.45, 7) is 2.47. The van der Waals surface area contributed by atoms with Crippen molar-refractivity contribution >= 4 is 17.3 Å². The molecule has 3 N–H and O–H groups in total. The first-order valence-electron chi connectivity index (χ1n) is 6.93. The van der Waals surface area contributed by atoms with Gasteiger partial charge in [0.25, 0.3) is 5.91 Å². The molecule has 4 nitrogen and oxygen atoms in total. The smallest absolute Gasteiger partial charge is 0.253 e. The minimum Gasteiger partial charge on any atom is -0.399 e. The van der Waals surface area contributed by atoms with Crippen molar-refractivity contribution in [3.05, 3.63) is 24.3 Å². The predicted octanol–water partition coefficient (Wildman–Crippen LogP) is 2.80. The maximum atomic E-state index is 12.0. The molecular formula is C15H22N2O2. The Kier molecular flexibility index (Phi) is 4.80. The Hall–Kier alpha value is -1.55. The first-order chi connectivity index (χ1) is 9.15. The maximum absolute atomic E-state index is 12.0. The van der Waals surface area contributed by atoms with Crippen molar-refractivity contribution in [2.45, 2.75) is 38.7 Å². The maximum Gasteiger partial charge on any atom is 0.253 e. The van der Waals surface area contributed by atoms with Gasteiger partial charge >= 0.3 is 0 Å². The lowest BCUT2D eigenvalue weighted by Crippen LogP contribution is -2.29. The van der Waals surface area contributed by atoms with Gasteiger partial charge in [-0.15, -0.1) is 0 Å². The zero-order valence-corrected chi connectivity index (χ0v) is 11.4. The summed E-state index contributed by atoms with van der Waals surface area (Å²) in [5.41, 5.74) is 7.02. The number of anilines is 2. The second-order valence-electron chi connectivity index (χ2n) is 5.24. The van der Waals surface area contributed by atoms with Crippen LogP contribution in [0.5, 0.6) is 0 Å². The minimum absolute atomic E-state index is 0.122. The van der Waals surface area contributed by atoms with Crippen molar-refractivity contribution in [3.63, 3.8) is 0 Å². The molecule has 0 aromatic heterocycles. The van der Waals surface area contributed by atoms with E-state index < -0.39 is 6.10 Å². The van der Waals surface area contributed by atoms with Crippen LogP contribution < -0.4 is 11.1 Å². The topological polar surface area (TPSA) is 64.3 Å². The van der Waals surface area contributed by atoms with Crippen molar-refractivity contribution in [3.8, 4) is 0 Å². The molecule has 104 valence electrons. The predicted molar refractivity (Wildman–Crippen MR) is 76.9 cm³/mol. The fourth-order valence-electron chi connectivity index (χ4n) is 2.39. The molecule has 1 saturated carbocycles. The number of rotatable bonds is 5. The molecule has 0 radical (unpaired) electrons. The van der Waals surface area contributed by atoms with Crippen molar-refractivity contribution in [1.82, 2.24) is 0 Å². The SMILES string of the molecule is CC(OCC1CCCC1)C(=O)Nc1cccc(N)c1. The van der Waals surface area contributed by atoms with Crippen molar-refractivity contribution in [1.29, 1.82) is 0 Å². The average molecular weight is 262 g/mol. The third-order valence-corrected chi connectivity index (χ3v) is 3.58. The first kappa shape index (κ1) is 13.9. The number of nitrogens with one attached hydrogen (secondary N) is 1. The van der Waals surface area contributed by atoms with Crippen LogP contribution in [0.3, 0.4) is 0 Å². The van der Waals surface area contributed by atoms with Crippen LogP contribution in [0.1, 0.15) is 32.6 Å².